The fraction of sp³-hybridized carbons (Fsp3) is 0.692. The molecule has 6 nitrogen and oxygen atoms in total. The first-order valence-corrected chi connectivity index (χ1v) is 6.41. The molecule has 2 atom stereocenters. The van der Waals surface area contributed by atoms with E-state index >= 15 is 0 Å². The number of rotatable bonds is 4. The summed E-state index contributed by atoms with van der Waals surface area (Å²) in [6, 6.07) is 0.325. The van der Waals surface area contributed by atoms with Crippen molar-refractivity contribution in [2.24, 2.45) is 0 Å². The van der Waals surface area contributed by atoms with Gasteiger partial charge in [0.2, 0.25) is 0 Å². The molecule has 2 rings (SSSR count). The molecule has 0 aliphatic carbocycles. The largest absolute Gasteiger partial charge is 0.448 e. The lowest BCUT2D eigenvalue weighted by Gasteiger charge is -2.25. The molecule has 0 saturated carbocycles. The molecular weight excluding hydrogens is 246 g/mol. The molecular formula is C13H21N3O3. The topological polar surface area (TPSA) is 58.8 Å². The van der Waals surface area contributed by atoms with Crippen LogP contribution in [0.3, 0.4) is 0 Å². The number of aromatic nitrogens is 1. The number of hydrogen-bond acceptors (Lipinski definition) is 5. The summed E-state index contributed by atoms with van der Waals surface area (Å²) in [6.07, 6.45) is 2.51. The van der Waals surface area contributed by atoms with E-state index in [1.165, 1.54) is 6.39 Å². The minimum atomic E-state index is -0.0967. The predicted octanol–water partition coefficient (Wildman–Crippen LogP) is 0.774. The number of ether oxygens (including phenoxy) is 1. The lowest BCUT2D eigenvalue weighted by atomic mass is 10.2. The summed E-state index contributed by atoms with van der Waals surface area (Å²) in [5.74, 6) is 0.465. The van der Waals surface area contributed by atoms with E-state index in [1.807, 2.05) is 0 Å². The maximum absolute atomic E-state index is 12.2. The smallest absolute Gasteiger partial charge is 0.275 e. The minimum absolute atomic E-state index is 0.0967. The lowest BCUT2D eigenvalue weighted by Crippen LogP contribution is -2.39. The number of hydrogen-bond donors (Lipinski definition) is 0. The van der Waals surface area contributed by atoms with E-state index in [2.05, 4.69) is 16.9 Å². The van der Waals surface area contributed by atoms with Crippen molar-refractivity contribution >= 4 is 5.91 Å². The van der Waals surface area contributed by atoms with Crippen molar-refractivity contribution in [1.82, 2.24) is 14.8 Å². The van der Waals surface area contributed by atoms with E-state index in [1.54, 1.807) is 26.0 Å². The molecule has 0 bridgehead atoms. The number of nitrogens with zero attached hydrogens (tertiary/aromatic N) is 3. The molecule has 1 aromatic rings. The van der Waals surface area contributed by atoms with Gasteiger partial charge in [0.05, 0.1) is 6.10 Å². The van der Waals surface area contributed by atoms with Crippen LogP contribution in [0.1, 0.15) is 22.7 Å². The average Bonchev–Trinajstić information content (AvgIpc) is 2.95. The van der Waals surface area contributed by atoms with Gasteiger partial charge in [-0.3, -0.25) is 9.69 Å². The quantitative estimate of drug-likeness (QED) is 0.806. The summed E-state index contributed by atoms with van der Waals surface area (Å²) in [7, 11) is 5.59. The maximum atomic E-state index is 12.2. The third-order valence-electron chi connectivity index (χ3n) is 3.76. The molecule has 0 N–H and O–H groups in total. The zero-order valence-corrected chi connectivity index (χ0v) is 11.9. The van der Waals surface area contributed by atoms with Crippen LogP contribution in [0.15, 0.2) is 10.8 Å². The maximum Gasteiger partial charge on any atom is 0.275 e. The molecule has 1 saturated heterocycles. The highest BCUT2D eigenvalue weighted by Gasteiger charge is 2.31. The molecule has 106 valence electrons. The Morgan fingerprint density at radius 3 is 2.95 bits per heavy atom. The van der Waals surface area contributed by atoms with E-state index in [4.69, 9.17) is 9.15 Å². The van der Waals surface area contributed by atoms with Crippen molar-refractivity contribution in [1.29, 1.82) is 0 Å². The fourth-order valence-electron chi connectivity index (χ4n) is 2.50. The van der Waals surface area contributed by atoms with Crippen molar-refractivity contribution in [2.75, 3.05) is 34.3 Å². The predicted molar refractivity (Wildman–Crippen MR) is 70.0 cm³/mol. The molecule has 0 unspecified atom stereocenters. The number of oxazole rings is 1. The molecule has 1 aliphatic rings. The van der Waals surface area contributed by atoms with Crippen LogP contribution in [0, 0.1) is 6.92 Å². The second-order valence-electron chi connectivity index (χ2n) is 5.13. The van der Waals surface area contributed by atoms with Crippen molar-refractivity contribution < 1.29 is 13.9 Å². The van der Waals surface area contributed by atoms with Crippen molar-refractivity contribution in [3.63, 3.8) is 0 Å². The van der Waals surface area contributed by atoms with Crippen LogP contribution in [0.5, 0.6) is 0 Å². The Morgan fingerprint density at radius 1 is 1.68 bits per heavy atom. The summed E-state index contributed by atoms with van der Waals surface area (Å²) in [5.41, 5.74) is 0.395. The van der Waals surface area contributed by atoms with Gasteiger partial charge in [0.15, 0.2) is 12.1 Å². The molecule has 0 aromatic carbocycles. The van der Waals surface area contributed by atoms with Gasteiger partial charge in [-0.1, -0.05) is 0 Å². The molecule has 6 heteroatoms. The van der Waals surface area contributed by atoms with Crippen molar-refractivity contribution in [3.8, 4) is 0 Å². The van der Waals surface area contributed by atoms with Gasteiger partial charge in [-0.2, -0.15) is 0 Å². The van der Waals surface area contributed by atoms with Crippen LogP contribution >= 0.6 is 0 Å². The Bertz CT molecular complexity index is 446. The Morgan fingerprint density at radius 2 is 2.42 bits per heavy atom. The summed E-state index contributed by atoms with van der Waals surface area (Å²) >= 11 is 0. The van der Waals surface area contributed by atoms with Crippen LogP contribution in [0.2, 0.25) is 0 Å². The van der Waals surface area contributed by atoms with Crippen LogP contribution in [-0.2, 0) is 4.74 Å². The van der Waals surface area contributed by atoms with Gasteiger partial charge in [-0.15, -0.1) is 0 Å². The number of carbonyl (C=O) groups excluding carboxylic acids is 1. The highest BCUT2D eigenvalue weighted by molar-refractivity contribution is 5.92. The number of aryl methyl sites for hydroxylation is 1. The normalized spacial score (nSPS) is 23.8. The van der Waals surface area contributed by atoms with Gasteiger partial charge in [-0.05, 0) is 20.4 Å². The monoisotopic (exact) mass is 267 g/mol. The zero-order valence-electron chi connectivity index (χ0n) is 11.9. The van der Waals surface area contributed by atoms with E-state index in [0.717, 1.165) is 13.0 Å². The molecule has 1 fully saturated rings. The van der Waals surface area contributed by atoms with Gasteiger partial charge in [0.25, 0.3) is 5.91 Å². The van der Waals surface area contributed by atoms with Gasteiger partial charge in [-0.25, -0.2) is 4.98 Å². The van der Waals surface area contributed by atoms with Gasteiger partial charge in [0.1, 0.15) is 5.76 Å². The Labute approximate surface area is 113 Å². The third-order valence-corrected chi connectivity index (χ3v) is 3.76. The number of amides is 1. The number of likely N-dealkylation sites (tertiary alicyclic amines) is 1. The summed E-state index contributed by atoms with van der Waals surface area (Å²) in [5, 5.41) is 0. The number of likely N-dealkylation sites (N-methyl/N-ethyl adjacent to an activating group) is 2. The molecule has 19 heavy (non-hydrogen) atoms. The summed E-state index contributed by atoms with van der Waals surface area (Å²) in [4.78, 5) is 20.1. The molecule has 1 aliphatic heterocycles. The lowest BCUT2D eigenvalue weighted by molar-refractivity contribution is 0.0753. The van der Waals surface area contributed by atoms with Crippen LogP contribution in [0.25, 0.3) is 0 Å². The molecule has 1 amide bonds. The summed E-state index contributed by atoms with van der Waals surface area (Å²) in [6.45, 7) is 3.32. The third kappa shape index (κ3) is 2.96. The van der Waals surface area contributed by atoms with Crippen molar-refractivity contribution in [2.45, 2.75) is 25.5 Å². The molecule has 0 spiro atoms. The second-order valence-corrected chi connectivity index (χ2v) is 5.13. The van der Waals surface area contributed by atoms with E-state index in [9.17, 15) is 4.79 Å². The first-order valence-electron chi connectivity index (χ1n) is 6.41. The van der Waals surface area contributed by atoms with Crippen LogP contribution in [-0.4, -0.2) is 67.1 Å². The fourth-order valence-corrected chi connectivity index (χ4v) is 2.50. The van der Waals surface area contributed by atoms with Crippen LogP contribution < -0.4 is 0 Å². The van der Waals surface area contributed by atoms with Gasteiger partial charge >= 0.3 is 0 Å². The van der Waals surface area contributed by atoms with Crippen molar-refractivity contribution in [3.05, 3.63) is 17.8 Å². The highest BCUT2D eigenvalue weighted by atomic mass is 16.5. The Kier molecular flexibility index (Phi) is 4.21. The second kappa shape index (κ2) is 5.71. The first-order chi connectivity index (χ1) is 9.02. The van der Waals surface area contributed by atoms with Gasteiger partial charge in [0, 0.05) is 33.3 Å². The molecule has 1 aromatic heterocycles. The van der Waals surface area contributed by atoms with E-state index < -0.39 is 0 Å². The molecule has 0 radical (unpaired) electrons. The first kappa shape index (κ1) is 14.0. The Hall–Kier alpha value is -1.40. The standard InChI is InChI=1S/C13H21N3O3/c1-9-12(14-8-19-9)13(17)16(3)6-10-5-11(18-4)7-15(10)2/h8,10-11H,5-7H2,1-4H3/t10-,11-/m0/s1. The highest BCUT2D eigenvalue weighted by Crippen LogP contribution is 2.19. The van der Waals surface area contributed by atoms with E-state index in [0.29, 0.717) is 24.0 Å². The van der Waals surface area contributed by atoms with E-state index in [-0.39, 0.29) is 12.0 Å². The summed E-state index contributed by atoms with van der Waals surface area (Å²) < 4.78 is 10.4. The number of methoxy groups -OCH3 is 1. The minimum Gasteiger partial charge on any atom is -0.448 e. The average molecular weight is 267 g/mol. The van der Waals surface area contributed by atoms with Gasteiger partial charge < -0.3 is 14.1 Å². The Balaban J connectivity index is 1.96. The SMILES string of the molecule is CO[C@H]1C[C@@H](CN(C)C(=O)c2ncoc2C)N(C)C1. The zero-order chi connectivity index (χ0) is 14.0. The number of carbonyl (C=O) groups is 1. The van der Waals surface area contributed by atoms with Crippen LogP contribution in [0.4, 0.5) is 0 Å². The molecule has 2 heterocycles.